The molecule has 0 unspecified atom stereocenters. The summed E-state index contributed by atoms with van der Waals surface area (Å²) in [6.45, 7) is 0.453. The van der Waals surface area contributed by atoms with Gasteiger partial charge in [-0.3, -0.25) is 20.1 Å². The van der Waals surface area contributed by atoms with Gasteiger partial charge in [0.05, 0.1) is 23.4 Å². The lowest BCUT2D eigenvalue weighted by Crippen LogP contribution is -2.27. The molecule has 0 radical (unpaired) electrons. The molecule has 7 heteroatoms. The highest BCUT2D eigenvalue weighted by Gasteiger charge is 2.08. The maximum Gasteiger partial charge on any atom is 0.274 e. The van der Waals surface area contributed by atoms with Gasteiger partial charge in [0.15, 0.2) is 5.82 Å². The molecule has 0 atom stereocenters. The Morgan fingerprint density at radius 2 is 2.44 bits per heavy atom. The minimum absolute atomic E-state index is 0.413. The van der Waals surface area contributed by atoms with E-state index in [4.69, 9.17) is 0 Å². The summed E-state index contributed by atoms with van der Waals surface area (Å²) in [5.74, 6) is 0.413. The molecule has 0 fully saturated rings. The Labute approximate surface area is 93.0 Å². The third-order valence-corrected chi connectivity index (χ3v) is 1.91. The number of nitrogens with zero attached hydrogens (tertiary/aromatic N) is 4. The molecule has 0 saturated carbocycles. The van der Waals surface area contributed by atoms with Gasteiger partial charge in [-0.1, -0.05) is 0 Å². The first-order chi connectivity index (χ1) is 7.63. The first-order valence-electron chi connectivity index (χ1n) is 4.62. The highest BCUT2D eigenvalue weighted by Crippen LogP contribution is 2.03. The summed E-state index contributed by atoms with van der Waals surface area (Å²) in [5, 5.41) is 13.1. The molecular formula is C9H13N5O2. The molecule has 0 bridgehead atoms. The van der Waals surface area contributed by atoms with Crippen LogP contribution in [0.4, 0.5) is 0 Å². The van der Waals surface area contributed by atoms with Crippen LogP contribution in [0, 0.1) is 10.1 Å². The van der Waals surface area contributed by atoms with E-state index in [1.54, 1.807) is 37.6 Å². The summed E-state index contributed by atoms with van der Waals surface area (Å²) in [6, 6.07) is 0. The van der Waals surface area contributed by atoms with Crippen molar-refractivity contribution in [2.45, 2.75) is 6.54 Å². The van der Waals surface area contributed by atoms with Gasteiger partial charge >= 0.3 is 0 Å². The van der Waals surface area contributed by atoms with Gasteiger partial charge in [-0.15, -0.1) is 0 Å². The Bertz CT molecular complexity index is 379. The molecule has 1 rings (SSSR count). The summed E-state index contributed by atoms with van der Waals surface area (Å²) in [4.78, 5) is 19.6. The van der Waals surface area contributed by atoms with Crippen LogP contribution < -0.4 is 5.32 Å². The van der Waals surface area contributed by atoms with Gasteiger partial charge in [0.25, 0.3) is 6.20 Å². The van der Waals surface area contributed by atoms with Gasteiger partial charge in [-0.2, -0.15) is 0 Å². The fourth-order valence-electron chi connectivity index (χ4n) is 1.19. The summed E-state index contributed by atoms with van der Waals surface area (Å²) in [6.07, 6.45) is 5.70. The highest BCUT2D eigenvalue weighted by atomic mass is 16.6. The van der Waals surface area contributed by atoms with E-state index in [-0.39, 0.29) is 0 Å². The second kappa shape index (κ2) is 5.64. The first-order valence-corrected chi connectivity index (χ1v) is 4.62. The number of hydrogen-bond donors (Lipinski definition) is 1. The van der Waals surface area contributed by atoms with E-state index in [9.17, 15) is 10.1 Å². The zero-order valence-corrected chi connectivity index (χ0v) is 9.12. The minimum Gasteiger partial charge on any atom is -0.370 e. The second-order valence-corrected chi connectivity index (χ2v) is 3.10. The lowest BCUT2D eigenvalue weighted by molar-refractivity contribution is -0.404. The molecule has 0 amide bonds. The van der Waals surface area contributed by atoms with Crippen molar-refractivity contribution in [2.75, 3.05) is 14.1 Å². The molecule has 16 heavy (non-hydrogen) atoms. The summed E-state index contributed by atoms with van der Waals surface area (Å²) >= 11 is 0. The van der Waals surface area contributed by atoms with Crippen molar-refractivity contribution in [1.82, 2.24) is 20.2 Å². The lowest BCUT2D eigenvalue weighted by Gasteiger charge is -2.19. The van der Waals surface area contributed by atoms with E-state index in [0.29, 0.717) is 12.4 Å². The van der Waals surface area contributed by atoms with Gasteiger partial charge in [0.2, 0.25) is 0 Å². The molecule has 0 aromatic carbocycles. The highest BCUT2D eigenvalue weighted by molar-refractivity contribution is 4.99. The standard InChI is InChI=1S/C9H13N5O2/c1-10-9(7-14(15)16)13(2)6-8-5-11-3-4-12-8/h3-5,7,10H,6H2,1-2H3/b9-7-. The van der Waals surface area contributed by atoms with Crippen molar-refractivity contribution in [1.29, 1.82) is 0 Å². The molecule has 0 spiro atoms. The minimum atomic E-state index is -0.501. The van der Waals surface area contributed by atoms with Crippen LogP contribution >= 0.6 is 0 Å². The molecule has 86 valence electrons. The van der Waals surface area contributed by atoms with Crippen LogP contribution in [-0.2, 0) is 6.54 Å². The number of hydrogen-bond acceptors (Lipinski definition) is 6. The van der Waals surface area contributed by atoms with E-state index >= 15 is 0 Å². The third kappa shape index (κ3) is 3.52. The van der Waals surface area contributed by atoms with Gasteiger partial charge < -0.3 is 10.2 Å². The Kier molecular flexibility index (Phi) is 4.19. The average molecular weight is 223 g/mol. The van der Waals surface area contributed by atoms with E-state index in [2.05, 4.69) is 15.3 Å². The summed E-state index contributed by atoms with van der Waals surface area (Å²) in [5.41, 5.74) is 0.745. The van der Waals surface area contributed by atoms with E-state index in [1.807, 2.05) is 0 Å². The molecule has 1 aromatic heterocycles. The quantitative estimate of drug-likeness (QED) is 0.567. The monoisotopic (exact) mass is 223 g/mol. The number of nitrogens with one attached hydrogen (secondary N) is 1. The summed E-state index contributed by atoms with van der Waals surface area (Å²) < 4.78 is 0. The van der Waals surface area contributed by atoms with Crippen molar-refractivity contribution in [3.05, 3.63) is 46.4 Å². The SMILES string of the molecule is CN/C(=C/[N+](=O)[O-])N(C)Cc1cnccn1. The van der Waals surface area contributed by atoms with Crippen LogP contribution in [0.15, 0.2) is 30.6 Å². The number of rotatable bonds is 5. The molecular weight excluding hydrogens is 210 g/mol. The van der Waals surface area contributed by atoms with E-state index in [1.165, 1.54) is 0 Å². The van der Waals surface area contributed by atoms with Crippen LogP contribution in [0.2, 0.25) is 0 Å². The molecule has 1 heterocycles. The maximum absolute atomic E-state index is 10.4. The zero-order valence-electron chi connectivity index (χ0n) is 9.12. The fraction of sp³-hybridized carbons (Fsp3) is 0.333. The van der Waals surface area contributed by atoms with Crippen LogP contribution in [-0.4, -0.2) is 33.9 Å². The number of aromatic nitrogens is 2. The van der Waals surface area contributed by atoms with Crippen molar-refractivity contribution in [3.63, 3.8) is 0 Å². The lowest BCUT2D eigenvalue weighted by atomic mass is 10.4. The van der Waals surface area contributed by atoms with Crippen molar-refractivity contribution in [2.24, 2.45) is 0 Å². The third-order valence-electron chi connectivity index (χ3n) is 1.91. The van der Waals surface area contributed by atoms with E-state index in [0.717, 1.165) is 11.9 Å². The summed E-state index contributed by atoms with van der Waals surface area (Å²) in [7, 11) is 3.36. The Morgan fingerprint density at radius 3 is 2.94 bits per heavy atom. The van der Waals surface area contributed by atoms with Gasteiger partial charge in [-0.05, 0) is 0 Å². The van der Waals surface area contributed by atoms with Crippen molar-refractivity contribution < 1.29 is 4.92 Å². The van der Waals surface area contributed by atoms with Crippen LogP contribution in [0.1, 0.15) is 5.69 Å². The fourth-order valence-corrected chi connectivity index (χ4v) is 1.19. The molecule has 7 nitrogen and oxygen atoms in total. The van der Waals surface area contributed by atoms with Crippen molar-refractivity contribution in [3.8, 4) is 0 Å². The second-order valence-electron chi connectivity index (χ2n) is 3.10. The molecule has 0 aliphatic carbocycles. The Morgan fingerprint density at radius 1 is 1.69 bits per heavy atom. The average Bonchev–Trinajstić information content (AvgIpc) is 2.26. The zero-order chi connectivity index (χ0) is 12.0. The van der Waals surface area contributed by atoms with Gasteiger partial charge in [-0.25, -0.2) is 0 Å². The van der Waals surface area contributed by atoms with Crippen molar-refractivity contribution >= 4 is 0 Å². The molecule has 1 N–H and O–H groups in total. The van der Waals surface area contributed by atoms with Gasteiger partial charge in [0, 0.05) is 26.5 Å². The van der Waals surface area contributed by atoms with Crippen LogP contribution in [0.25, 0.3) is 0 Å². The first kappa shape index (κ1) is 11.9. The molecule has 0 aliphatic rings. The van der Waals surface area contributed by atoms with Crippen LogP contribution in [0.5, 0.6) is 0 Å². The molecule has 1 aromatic rings. The Hall–Kier alpha value is -2.18. The largest absolute Gasteiger partial charge is 0.370 e. The topological polar surface area (TPSA) is 84.2 Å². The van der Waals surface area contributed by atoms with E-state index < -0.39 is 4.92 Å². The van der Waals surface area contributed by atoms with Crippen LogP contribution in [0.3, 0.4) is 0 Å². The predicted molar refractivity (Wildman–Crippen MR) is 57.6 cm³/mol. The predicted octanol–water partition coefficient (Wildman–Crippen LogP) is 0.203. The molecule has 0 aliphatic heterocycles. The molecule has 0 saturated heterocycles. The maximum atomic E-state index is 10.4. The normalized spacial score (nSPS) is 11.0. The number of nitro groups is 1. The smallest absolute Gasteiger partial charge is 0.274 e. The van der Waals surface area contributed by atoms with Gasteiger partial charge in [0.1, 0.15) is 0 Å². The Balaban J connectivity index is 2.70.